The van der Waals surface area contributed by atoms with Crippen LogP contribution in [-0.4, -0.2) is 29.5 Å². The Labute approximate surface area is 154 Å². The van der Waals surface area contributed by atoms with Gasteiger partial charge in [0.2, 0.25) is 0 Å². The van der Waals surface area contributed by atoms with Crippen LogP contribution in [0.2, 0.25) is 0 Å². The molecule has 1 aromatic carbocycles. The SMILES string of the molecule is CN=C(NCc1ccc(C)c(F)c1)N(C)Cc1cccn1C.I. The fraction of sp³-hybridized carbons (Fsp3) is 0.353. The van der Waals surface area contributed by atoms with E-state index in [1.807, 2.05) is 37.3 Å². The third-order valence-electron chi connectivity index (χ3n) is 3.71. The summed E-state index contributed by atoms with van der Waals surface area (Å²) >= 11 is 0. The number of hydrogen-bond acceptors (Lipinski definition) is 1. The normalized spacial score (nSPS) is 11.1. The Kier molecular flexibility index (Phi) is 7.54. The zero-order valence-electron chi connectivity index (χ0n) is 14.0. The highest BCUT2D eigenvalue weighted by Crippen LogP contribution is 2.09. The fourth-order valence-corrected chi connectivity index (χ4v) is 2.29. The quantitative estimate of drug-likeness (QED) is 0.459. The molecule has 0 amide bonds. The van der Waals surface area contributed by atoms with Crippen molar-refractivity contribution in [3.8, 4) is 0 Å². The maximum absolute atomic E-state index is 13.6. The summed E-state index contributed by atoms with van der Waals surface area (Å²) in [4.78, 5) is 6.32. The zero-order valence-corrected chi connectivity index (χ0v) is 16.3. The Morgan fingerprint density at radius 2 is 2.09 bits per heavy atom. The molecule has 0 aliphatic carbocycles. The Balaban J connectivity index is 0.00000264. The van der Waals surface area contributed by atoms with Crippen LogP contribution in [0.5, 0.6) is 0 Å². The second-order valence-corrected chi connectivity index (χ2v) is 5.45. The predicted octanol–water partition coefficient (Wildman–Crippen LogP) is 3.30. The first-order chi connectivity index (χ1) is 10.5. The summed E-state index contributed by atoms with van der Waals surface area (Å²) in [6.45, 7) is 3.06. The molecule has 0 radical (unpaired) electrons. The third-order valence-corrected chi connectivity index (χ3v) is 3.71. The van der Waals surface area contributed by atoms with Gasteiger partial charge in [0.1, 0.15) is 5.82 Å². The van der Waals surface area contributed by atoms with Crippen molar-refractivity contribution in [1.29, 1.82) is 0 Å². The van der Waals surface area contributed by atoms with Crippen molar-refractivity contribution in [2.24, 2.45) is 12.0 Å². The molecule has 0 bridgehead atoms. The number of halogens is 2. The van der Waals surface area contributed by atoms with Gasteiger partial charge in [-0.3, -0.25) is 4.99 Å². The summed E-state index contributed by atoms with van der Waals surface area (Å²) in [5.74, 6) is 0.605. The average molecular weight is 430 g/mol. The molecule has 2 aromatic rings. The minimum absolute atomic E-state index is 0. The van der Waals surface area contributed by atoms with Crippen molar-refractivity contribution < 1.29 is 4.39 Å². The van der Waals surface area contributed by atoms with E-state index < -0.39 is 0 Å². The van der Waals surface area contributed by atoms with E-state index in [0.717, 1.165) is 18.1 Å². The van der Waals surface area contributed by atoms with E-state index in [2.05, 4.69) is 20.9 Å². The van der Waals surface area contributed by atoms with Crippen molar-refractivity contribution in [2.45, 2.75) is 20.0 Å². The van der Waals surface area contributed by atoms with Crippen molar-refractivity contribution in [3.63, 3.8) is 0 Å². The molecular formula is C17H24FIN4. The van der Waals surface area contributed by atoms with Gasteiger partial charge < -0.3 is 14.8 Å². The molecule has 0 saturated carbocycles. The van der Waals surface area contributed by atoms with E-state index in [4.69, 9.17) is 0 Å². The molecule has 0 saturated heterocycles. The summed E-state index contributed by atoms with van der Waals surface area (Å²) in [6, 6.07) is 9.39. The Morgan fingerprint density at radius 1 is 1.35 bits per heavy atom. The van der Waals surface area contributed by atoms with Crippen LogP contribution in [0.3, 0.4) is 0 Å². The van der Waals surface area contributed by atoms with Crippen LogP contribution in [0.1, 0.15) is 16.8 Å². The van der Waals surface area contributed by atoms with Gasteiger partial charge in [0.15, 0.2) is 5.96 Å². The van der Waals surface area contributed by atoms with Crippen LogP contribution in [0.15, 0.2) is 41.5 Å². The molecule has 1 heterocycles. The first-order valence-corrected chi connectivity index (χ1v) is 7.28. The largest absolute Gasteiger partial charge is 0.353 e. The maximum Gasteiger partial charge on any atom is 0.194 e. The minimum atomic E-state index is -0.175. The monoisotopic (exact) mass is 430 g/mol. The second-order valence-electron chi connectivity index (χ2n) is 5.45. The topological polar surface area (TPSA) is 32.6 Å². The van der Waals surface area contributed by atoms with E-state index in [0.29, 0.717) is 12.1 Å². The molecule has 126 valence electrons. The number of nitrogens with one attached hydrogen (secondary N) is 1. The van der Waals surface area contributed by atoms with Crippen LogP contribution in [0, 0.1) is 12.7 Å². The van der Waals surface area contributed by atoms with Crippen LogP contribution < -0.4 is 5.32 Å². The van der Waals surface area contributed by atoms with Gasteiger partial charge >= 0.3 is 0 Å². The highest BCUT2D eigenvalue weighted by atomic mass is 127. The molecule has 4 nitrogen and oxygen atoms in total. The molecule has 1 N–H and O–H groups in total. The van der Waals surface area contributed by atoms with Gasteiger partial charge in [-0.2, -0.15) is 0 Å². The number of rotatable bonds is 4. The van der Waals surface area contributed by atoms with Crippen molar-refractivity contribution in [1.82, 2.24) is 14.8 Å². The van der Waals surface area contributed by atoms with E-state index in [-0.39, 0.29) is 29.8 Å². The molecule has 0 unspecified atom stereocenters. The van der Waals surface area contributed by atoms with Gasteiger partial charge in [0.05, 0.1) is 6.54 Å². The molecular weight excluding hydrogens is 406 g/mol. The first-order valence-electron chi connectivity index (χ1n) is 7.28. The lowest BCUT2D eigenvalue weighted by Gasteiger charge is -2.22. The minimum Gasteiger partial charge on any atom is -0.353 e. The van der Waals surface area contributed by atoms with E-state index in [9.17, 15) is 4.39 Å². The van der Waals surface area contributed by atoms with Crippen molar-refractivity contribution in [2.75, 3.05) is 14.1 Å². The third kappa shape index (κ3) is 5.23. The lowest BCUT2D eigenvalue weighted by molar-refractivity contribution is 0.461. The molecule has 0 aliphatic heterocycles. The Hall–Kier alpha value is -1.57. The molecule has 1 aromatic heterocycles. The van der Waals surface area contributed by atoms with E-state index in [1.165, 1.54) is 5.69 Å². The second kappa shape index (κ2) is 8.90. The molecule has 6 heteroatoms. The van der Waals surface area contributed by atoms with Crippen LogP contribution in [0.25, 0.3) is 0 Å². The standard InChI is InChI=1S/C17H23FN4.HI/c1-13-7-8-14(10-16(13)18)11-20-17(19-2)22(4)12-15-6-5-9-21(15)3;/h5-10H,11-12H2,1-4H3,(H,19,20);1H. The zero-order chi connectivity index (χ0) is 16.1. The van der Waals surface area contributed by atoms with Crippen LogP contribution in [0.4, 0.5) is 4.39 Å². The summed E-state index contributed by atoms with van der Waals surface area (Å²) in [6.07, 6.45) is 2.02. The van der Waals surface area contributed by atoms with Crippen molar-refractivity contribution in [3.05, 3.63) is 59.2 Å². The highest BCUT2D eigenvalue weighted by molar-refractivity contribution is 14.0. The molecule has 0 fully saturated rings. The van der Waals surface area contributed by atoms with Gasteiger partial charge in [0, 0.05) is 39.6 Å². The average Bonchev–Trinajstić information content (AvgIpc) is 2.88. The molecule has 0 aliphatic rings. The molecule has 2 rings (SSSR count). The number of aryl methyl sites for hydroxylation is 2. The Morgan fingerprint density at radius 3 is 2.65 bits per heavy atom. The summed E-state index contributed by atoms with van der Waals surface area (Å²) < 4.78 is 15.7. The summed E-state index contributed by atoms with van der Waals surface area (Å²) in [5.41, 5.74) is 2.76. The van der Waals surface area contributed by atoms with E-state index in [1.54, 1.807) is 26.1 Å². The fourth-order valence-electron chi connectivity index (χ4n) is 2.29. The van der Waals surface area contributed by atoms with E-state index >= 15 is 0 Å². The first kappa shape index (κ1) is 19.5. The number of nitrogens with zero attached hydrogens (tertiary/aromatic N) is 3. The molecule has 0 spiro atoms. The molecule has 0 atom stereocenters. The Bertz CT molecular complexity index is 666. The number of aromatic nitrogens is 1. The predicted molar refractivity (Wildman–Crippen MR) is 104 cm³/mol. The smallest absolute Gasteiger partial charge is 0.194 e. The lowest BCUT2D eigenvalue weighted by Crippen LogP contribution is -2.38. The number of benzene rings is 1. The molecule has 23 heavy (non-hydrogen) atoms. The maximum atomic E-state index is 13.6. The summed E-state index contributed by atoms with van der Waals surface area (Å²) in [7, 11) is 5.76. The number of aliphatic imine (C=N–C) groups is 1. The summed E-state index contributed by atoms with van der Waals surface area (Å²) in [5, 5.41) is 3.26. The van der Waals surface area contributed by atoms with Gasteiger partial charge in [-0.1, -0.05) is 12.1 Å². The number of hydrogen-bond donors (Lipinski definition) is 1. The van der Waals surface area contributed by atoms with Gasteiger partial charge in [-0.15, -0.1) is 24.0 Å². The van der Waals surface area contributed by atoms with Gasteiger partial charge in [-0.25, -0.2) is 4.39 Å². The lowest BCUT2D eigenvalue weighted by atomic mass is 10.1. The number of guanidine groups is 1. The highest BCUT2D eigenvalue weighted by Gasteiger charge is 2.08. The van der Waals surface area contributed by atoms with Crippen LogP contribution >= 0.6 is 24.0 Å². The van der Waals surface area contributed by atoms with Gasteiger partial charge in [-0.05, 0) is 36.2 Å². The van der Waals surface area contributed by atoms with Gasteiger partial charge in [0.25, 0.3) is 0 Å². The van der Waals surface area contributed by atoms with Crippen molar-refractivity contribution >= 4 is 29.9 Å². The van der Waals surface area contributed by atoms with Crippen LogP contribution in [-0.2, 0) is 20.1 Å².